The first-order chi connectivity index (χ1) is 15.0. The van der Waals surface area contributed by atoms with Crippen LogP contribution in [0.25, 0.3) is 34.3 Å². The average molecular weight is 461 g/mol. The number of H-pyrrole nitrogens is 1. The molecule has 0 radical (unpaired) electrons. The van der Waals surface area contributed by atoms with Gasteiger partial charge in [-0.15, -0.1) is 0 Å². The summed E-state index contributed by atoms with van der Waals surface area (Å²) in [4.78, 5) is 7.26. The molecule has 0 aliphatic carbocycles. The van der Waals surface area contributed by atoms with Crippen LogP contribution in [0.3, 0.4) is 0 Å². The van der Waals surface area contributed by atoms with Gasteiger partial charge in [0.05, 0.1) is 21.5 Å². The van der Waals surface area contributed by atoms with Crippen molar-refractivity contribution in [2.75, 3.05) is 0 Å². The number of nitrogens with two attached hydrogens (primary N) is 1. The Kier molecular flexibility index (Phi) is 5.35. The third-order valence-electron chi connectivity index (χ3n) is 4.75. The number of aromatic nitrogens is 2. The number of sulfonamides is 1. The summed E-state index contributed by atoms with van der Waals surface area (Å²) in [6.07, 6.45) is -2.17. The maximum atomic E-state index is 13.3. The molecule has 0 bridgehead atoms. The molecule has 4 rings (SSSR count). The van der Waals surface area contributed by atoms with E-state index in [4.69, 9.17) is 5.14 Å². The van der Waals surface area contributed by atoms with E-state index in [1.807, 2.05) is 0 Å². The molecule has 0 spiro atoms. The lowest BCUT2D eigenvalue weighted by molar-refractivity contribution is -0.137. The van der Waals surface area contributed by atoms with Gasteiger partial charge in [-0.1, -0.05) is 36.4 Å². The zero-order chi connectivity index (χ0) is 23.1. The Morgan fingerprint density at radius 1 is 0.969 bits per heavy atom. The maximum Gasteiger partial charge on any atom is 0.417 e. The second-order valence-corrected chi connectivity index (χ2v) is 8.49. The Hall–Kier alpha value is -3.50. The highest BCUT2D eigenvalue weighted by atomic mass is 32.2. The maximum absolute atomic E-state index is 13.3. The van der Waals surface area contributed by atoms with Crippen LogP contribution in [0.5, 0.6) is 0 Å². The molecule has 0 amide bonds. The Balaban J connectivity index is 1.72. The summed E-state index contributed by atoms with van der Waals surface area (Å²) in [5.41, 5.74) is 0.729. The number of halogens is 4. The highest BCUT2D eigenvalue weighted by molar-refractivity contribution is 7.89. The quantitative estimate of drug-likeness (QED) is 0.409. The van der Waals surface area contributed by atoms with Gasteiger partial charge >= 0.3 is 6.18 Å². The topological polar surface area (TPSA) is 88.8 Å². The number of alkyl halides is 3. The minimum Gasteiger partial charge on any atom is -0.338 e. The van der Waals surface area contributed by atoms with Crippen LogP contribution in [-0.2, 0) is 16.2 Å². The van der Waals surface area contributed by atoms with Gasteiger partial charge in [-0.05, 0) is 47.5 Å². The van der Waals surface area contributed by atoms with Gasteiger partial charge in [0.15, 0.2) is 0 Å². The van der Waals surface area contributed by atoms with Crippen molar-refractivity contribution in [3.63, 3.8) is 0 Å². The first-order valence-electron chi connectivity index (χ1n) is 9.19. The van der Waals surface area contributed by atoms with Crippen molar-refractivity contribution in [2.24, 2.45) is 5.14 Å². The second kappa shape index (κ2) is 7.88. The van der Waals surface area contributed by atoms with Gasteiger partial charge < -0.3 is 4.98 Å². The third-order valence-corrected chi connectivity index (χ3v) is 5.72. The summed E-state index contributed by atoms with van der Waals surface area (Å²) < 4.78 is 76.5. The fourth-order valence-electron chi connectivity index (χ4n) is 3.31. The Morgan fingerprint density at radius 3 is 2.44 bits per heavy atom. The number of rotatable bonds is 4. The third kappa shape index (κ3) is 4.41. The second-order valence-electron chi connectivity index (χ2n) is 6.96. The van der Waals surface area contributed by atoms with E-state index in [2.05, 4.69) is 9.97 Å². The number of imidazole rings is 1. The van der Waals surface area contributed by atoms with Crippen LogP contribution in [0, 0.1) is 5.82 Å². The number of nitrogens with one attached hydrogen (secondary N) is 1. The van der Waals surface area contributed by atoms with Gasteiger partial charge in [-0.2, -0.15) is 13.2 Å². The molecule has 3 N–H and O–H groups in total. The normalized spacial score (nSPS) is 12.7. The van der Waals surface area contributed by atoms with E-state index in [-0.39, 0.29) is 16.3 Å². The number of benzene rings is 3. The van der Waals surface area contributed by atoms with E-state index < -0.39 is 27.6 Å². The van der Waals surface area contributed by atoms with Gasteiger partial charge in [-0.25, -0.2) is 22.9 Å². The number of primary sulfonamides is 1. The lowest BCUT2D eigenvalue weighted by atomic mass is 10.1. The summed E-state index contributed by atoms with van der Waals surface area (Å²) in [7, 11) is -3.95. The fraction of sp³-hybridized carbons (Fsp3) is 0.0455. The van der Waals surface area contributed by atoms with Crippen molar-refractivity contribution in [2.45, 2.75) is 11.1 Å². The zero-order valence-corrected chi connectivity index (χ0v) is 17.0. The summed E-state index contributed by atoms with van der Waals surface area (Å²) in [5, 5.41) is 5.30. The van der Waals surface area contributed by atoms with Crippen molar-refractivity contribution in [1.82, 2.24) is 9.97 Å². The number of aromatic amines is 1. The van der Waals surface area contributed by atoms with Crippen molar-refractivity contribution in [3.05, 3.63) is 83.4 Å². The van der Waals surface area contributed by atoms with E-state index in [1.54, 1.807) is 36.4 Å². The Bertz CT molecular complexity index is 1460. The van der Waals surface area contributed by atoms with Crippen LogP contribution in [0.4, 0.5) is 17.6 Å². The minimum atomic E-state index is -4.71. The molecule has 0 aliphatic rings. The highest BCUT2D eigenvalue weighted by Crippen LogP contribution is 2.33. The van der Waals surface area contributed by atoms with Gasteiger partial charge in [0.25, 0.3) is 0 Å². The highest BCUT2D eigenvalue weighted by Gasteiger charge is 2.33. The summed E-state index contributed by atoms with van der Waals surface area (Å²) >= 11 is 0. The van der Waals surface area contributed by atoms with Crippen molar-refractivity contribution in [3.8, 4) is 11.1 Å². The van der Waals surface area contributed by atoms with Crippen LogP contribution in [0.15, 0.2) is 65.6 Å². The van der Waals surface area contributed by atoms with Crippen LogP contribution >= 0.6 is 0 Å². The smallest absolute Gasteiger partial charge is 0.338 e. The van der Waals surface area contributed by atoms with E-state index in [0.717, 1.165) is 12.1 Å². The first-order valence-corrected chi connectivity index (χ1v) is 10.7. The van der Waals surface area contributed by atoms with Crippen LogP contribution in [0.1, 0.15) is 17.0 Å². The predicted octanol–water partition coefficient (Wildman–Crippen LogP) is 5.21. The molecule has 5 nitrogen and oxygen atoms in total. The molecule has 4 aromatic rings. The molecule has 10 heteroatoms. The fourth-order valence-corrected chi connectivity index (χ4v) is 4.07. The molecule has 0 saturated heterocycles. The van der Waals surface area contributed by atoms with E-state index in [0.29, 0.717) is 28.2 Å². The van der Waals surface area contributed by atoms with Gasteiger partial charge in [0.2, 0.25) is 10.0 Å². The summed E-state index contributed by atoms with van der Waals surface area (Å²) in [6, 6.07) is 13.7. The average Bonchev–Trinajstić information content (AvgIpc) is 3.13. The number of hydrogen-bond acceptors (Lipinski definition) is 3. The Morgan fingerprint density at radius 2 is 1.72 bits per heavy atom. The first kappa shape index (κ1) is 21.7. The molecule has 3 aromatic carbocycles. The molecular formula is C22H15F4N3O2S. The van der Waals surface area contributed by atoms with Crippen LogP contribution in [0.2, 0.25) is 0 Å². The summed E-state index contributed by atoms with van der Waals surface area (Å²) in [5.74, 6) is -0.708. The minimum absolute atomic E-state index is 0.0361. The zero-order valence-electron chi connectivity index (χ0n) is 16.2. The molecule has 0 fully saturated rings. The SMILES string of the molecule is NS(=O)(=O)c1ccccc1-c1ccc2[nH]c(/C=C/c3ccc(F)cc3C(F)(F)F)nc2c1. The molecule has 0 aliphatic heterocycles. The number of nitrogens with zero attached hydrogens (tertiary/aromatic N) is 1. The van der Waals surface area contributed by atoms with Crippen molar-refractivity contribution >= 4 is 33.2 Å². The largest absolute Gasteiger partial charge is 0.417 e. The van der Waals surface area contributed by atoms with E-state index >= 15 is 0 Å². The van der Waals surface area contributed by atoms with E-state index in [9.17, 15) is 26.0 Å². The summed E-state index contributed by atoms with van der Waals surface area (Å²) in [6.45, 7) is 0. The molecule has 1 heterocycles. The van der Waals surface area contributed by atoms with E-state index in [1.165, 1.54) is 18.2 Å². The number of hydrogen-bond donors (Lipinski definition) is 2. The van der Waals surface area contributed by atoms with Crippen molar-refractivity contribution < 1.29 is 26.0 Å². The van der Waals surface area contributed by atoms with Gasteiger partial charge in [-0.3, -0.25) is 0 Å². The molecule has 0 atom stereocenters. The Labute approximate surface area is 180 Å². The lowest BCUT2D eigenvalue weighted by Crippen LogP contribution is -2.13. The van der Waals surface area contributed by atoms with Gasteiger partial charge in [0.1, 0.15) is 11.6 Å². The van der Waals surface area contributed by atoms with Crippen molar-refractivity contribution in [1.29, 1.82) is 0 Å². The standard InChI is InChI=1S/C22H15F4N3O2S/c23-15-8-5-13(17(12-15)22(24,25)26)7-10-21-28-18-9-6-14(11-19(18)29-21)16-3-1-2-4-20(16)32(27,30)31/h1-12H,(H,28,29)(H2,27,30,31)/b10-7+. The molecule has 1 aromatic heterocycles. The van der Waals surface area contributed by atoms with Gasteiger partial charge in [0, 0.05) is 5.56 Å². The molecule has 164 valence electrons. The van der Waals surface area contributed by atoms with Crippen LogP contribution < -0.4 is 5.14 Å². The predicted molar refractivity (Wildman–Crippen MR) is 113 cm³/mol. The molecule has 0 unspecified atom stereocenters. The van der Waals surface area contributed by atoms with Crippen LogP contribution in [-0.4, -0.2) is 18.4 Å². The lowest BCUT2D eigenvalue weighted by Gasteiger charge is -2.10. The molecular weight excluding hydrogens is 446 g/mol. The number of fused-ring (bicyclic) bond motifs is 1. The monoisotopic (exact) mass is 461 g/mol. The molecule has 0 saturated carbocycles. The molecule has 32 heavy (non-hydrogen) atoms.